The quantitative estimate of drug-likeness (QED) is 0.261. The van der Waals surface area contributed by atoms with Crippen LogP contribution in [0.4, 0.5) is 0 Å². The first-order chi connectivity index (χ1) is 17.5. The lowest BCUT2D eigenvalue weighted by molar-refractivity contribution is -0.272. The number of rotatable bonds is 11. The largest absolute Gasteiger partial charge is 0.493 e. The zero-order chi connectivity index (χ0) is 25.2. The lowest BCUT2D eigenvalue weighted by Crippen LogP contribution is -2.48. The minimum atomic E-state index is -1.31. The molecule has 1 aliphatic rings. The molecule has 0 radical (unpaired) electrons. The van der Waals surface area contributed by atoms with Crippen molar-refractivity contribution in [3.05, 3.63) is 84.4 Å². The van der Waals surface area contributed by atoms with Crippen molar-refractivity contribution in [3.63, 3.8) is 0 Å². The number of methoxy groups -OCH3 is 1. The van der Waals surface area contributed by atoms with Crippen molar-refractivity contribution in [2.75, 3.05) is 33.5 Å². The molecule has 7 heteroatoms. The molecule has 0 aliphatic carbocycles. The summed E-state index contributed by atoms with van der Waals surface area (Å²) in [4.78, 5) is 11.8. The van der Waals surface area contributed by atoms with Gasteiger partial charge in [0.2, 0.25) is 0 Å². The highest BCUT2D eigenvalue weighted by Gasteiger charge is 2.41. The highest BCUT2D eigenvalue weighted by atomic mass is 16.7. The third kappa shape index (κ3) is 7.23. The number of carbonyl (C=O) groups excluding carboxylic acids is 1. The molecule has 1 fully saturated rings. The van der Waals surface area contributed by atoms with Crippen molar-refractivity contribution >= 4 is 5.97 Å². The van der Waals surface area contributed by atoms with E-state index in [-0.39, 0.29) is 5.92 Å². The summed E-state index contributed by atoms with van der Waals surface area (Å²) in [5.41, 5.74) is 1.16. The maximum absolute atomic E-state index is 11.8. The lowest BCUT2D eigenvalue weighted by Gasteiger charge is -2.35. The predicted octanol–water partition coefficient (Wildman–Crippen LogP) is 5.42. The molecule has 0 N–H and O–H groups in total. The molecule has 36 heavy (non-hydrogen) atoms. The molecule has 1 saturated heterocycles. The van der Waals surface area contributed by atoms with Gasteiger partial charge in [0.1, 0.15) is 23.0 Å². The molecule has 3 aromatic carbocycles. The third-order valence-electron chi connectivity index (χ3n) is 5.82. The zero-order valence-corrected chi connectivity index (χ0v) is 20.7. The normalized spacial score (nSPS) is 19.3. The lowest BCUT2D eigenvalue weighted by atomic mass is 9.99. The maximum Gasteiger partial charge on any atom is 0.366 e. The number of esters is 1. The van der Waals surface area contributed by atoms with E-state index in [9.17, 15) is 4.79 Å². The molecule has 0 atom stereocenters. The van der Waals surface area contributed by atoms with Crippen molar-refractivity contribution < 1.29 is 33.2 Å². The van der Waals surface area contributed by atoms with E-state index in [0.717, 1.165) is 41.4 Å². The van der Waals surface area contributed by atoms with Crippen molar-refractivity contribution in [2.24, 2.45) is 5.92 Å². The molecule has 1 heterocycles. The molecule has 1 aliphatic heterocycles. The average molecular weight is 493 g/mol. The van der Waals surface area contributed by atoms with Crippen LogP contribution in [0.2, 0.25) is 0 Å². The molecule has 7 nitrogen and oxygen atoms in total. The van der Waals surface area contributed by atoms with Gasteiger partial charge in [-0.1, -0.05) is 30.3 Å². The first-order valence-corrected chi connectivity index (χ1v) is 12.1. The summed E-state index contributed by atoms with van der Waals surface area (Å²) in [5.74, 6) is 1.52. The summed E-state index contributed by atoms with van der Waals surface area (Å²) in [6.07, 6.45) is 1.56. The van der Waals surface area contributed by atoms with Gasteiger partial charge in [-0.2, -0.15) is 0 Å². The third-order valence-corrected chi connectivity index (χ3v) is 5.82. The first-order valence-electron chi connectivity index (χ1n) is 12.1. The van der Waals surface area contributed by atoms with Crippen LogP contribution in [0.25, 0.3) is 0 Å². The van der Waals surface area contributed by atoms with Gasteiger partial charge < -0.3 is 28.4 Å². The summed E-state index contributed by atoms with van der Waals surface area (Å²) >= 11 is 0. The number of ether oxygens (including phenoxy) is 6. The van der Waals surface area contributed by atoms with Gasteiger partial charge >= 0.3 is 5.97 Å². The maximum atomic E-state index is 11.8. The summed E-state index contributed by atoms with van der Waals surface area (Å²) < 4.78 is 33.4. The molecule has 0 amide bonds. The Labute approximate surface area is 211 Å². The van der Waals surface area contributed by atoms with Crippen LogP contribution in [-0.2, 0) is 25.4 Å². The van der Waals surface area contributed by atoms with E-state index >= 15 is 0 Å². The smallest absolute Gasteiger partial charge is 0.366 e. The average Bonchev–Trinajstić information content (AvgIpc) is 2.92. The van der Waals surface area contributed by atoms with Crippen molar-refractivity contribution in [1.82, 2.24) is 0 Å². The molecular formula is C29H32O7. The van der Waals surface area contributed by atoms with Crippen molar-refractivity contribution in [2.45, 2.75) is 25.6 Å². The van der Waals surface area contributed by atoms with Crippen LogP contribution < -0.4 is 14.2 Å². The van der Waals surface area contributed by atoms with Gasteiger partial charge in [0.05, 0.1) is 33.5 Å². The van der Waals surface area contributed by atoms with Crippen LogP contribution in [0.15, 0.2) is 78.9 Å². The summed E-state index contributed by atoms with van der Waals surface area (Å²) in [7, 11) is 1.32. The molecule has 4 rings (SSSR count). The Balaban J connectivity index is 1.12. The number of hydrogen-bond donors (Lipinski definition) is 0. The Morgan fingerprint density at radius 3 is 1.92 bits per heavy atom. The van der Waals surface area contributed by atoms with Gasteiger partial charge in [0, 0.05) is 19.3 Å². The molecule has 190 valence electrons. The monoisotopic (exact) mass is 492 g/mol. The van der Waals surface area contributed by atoms with Gasteiger partial charge in [-0.15, -0.1) is 0 Å². The molecule has 0 unspecified atom stereocenters. The first kappa shape index (κ1) is 25.5. The van der Waals surface area contributed by atoms with Crippen LogP contribution in [0.3, 0.4) is 0 Å². The van der Waals surface area contributed by atoms with E-state index in [1.807, 2.05) is 78.9 Å². The van der Waals surface area contributed by atoms with Gasteiger partial charge in [-0.05, 0) is 60.5 Å². The standard InChI is InChI=1S/C29H32O7/c1-29(28(30)31-2)34-20-23(21-35-29)19-22-9-11-24(12-10-22)32-17-6-18-33-25-13-15-27(16-14-25)36-26-7-4-3-5-8-26/h3-5,7-16,23H,6,17-21H2,1-2H3/t23-,29+. The van der Waals surface area contributed by atoms with Gasteiger partial charge in [-0.3, -0.25) is 0 Å². The van der Waals surface area contributed by atoms with Crippen LogP contribution >= 0.6 is 0 Å². The minimum absolute atomic E-state index is 0.172. The Kier molecular flexibility index (Phi) is 8.81. The van der Waals surface area contributed by atoms with Crippen LogP contribution in [0.5, 0.6) is 23.0 Å². The number of benzene rings is 3. The molecule has 0 aromatic heterocycles. The fourth-order valence-electron chi connectivity index (χ4n) is 3.79. The van der Waals surface area contributed by atoms with Crippen LogP contribution in [0, 0.1) is 5.92 Å². The summed E-state index contributed by atoms with van der Waals surface area (Å²) in [5, 5.41) is 0. The Morgan fingerprint density at radius 1 is 0.806 bits per heavy atom. The fourth-order valence-corrected chi connectivity index (χ4v) is 3.79. The zero-order valence-electron chi connectivity index (χ0n) is 20.7. The Hall–Kier alpha value is -3.55. The highest BCUT2D eigenvalue weighted by Crippen LogP contribution is 2.26. The van der Waals surface area contributed by atoms with Gasteiger partial charge in [-0.25, -0.2) is 4.79 Å². The van der Waals surface area contributed by atoms with E-state index < -0.39 is 11.8 Å². The molecule has 0 bridgehead atoms. The topological polar surface area (TPSA) is 72.5 Å². The molecule has 0 saturated carbocycles. The second-order valence-electron chi connectivity index (χ2n) is 8.71. The Morgan fingerprint density at radius 2 is 1.33 bits per heavy atom. The van der Waals surface area contributed by atoms with Crippen molar-refractivity contribution in [1.29, 1.82) is 0 Å². The second-order valence-corrected chi connectivity index (χ2v) is 8.71. The number of para-hydroxylation sites is 1. The predicted molar refractivity (Wildman–Crippen MR) is 135 cm³/mol. The van der Waals surface area contributed by atoms with E-state index in [4.69, 9.17) is 28.4 Å². The highest BCUT2D eigenvalue weighted by molar-refractivity contribution is 5.77. The minimum Gasteiger partial charge on any atom is -0.493 e. The van der Waals surface area contributed by atoms with Crippen molar-refractivity contribution in [3.8, 4) is 23.0 Å². The number of carbonyl (C=O) groups is 1. The van der Waals surface area contributed by atoms with Gasteiger partial charge in [0.25, 0.3) is 5.79 Å². The van der Waals surface area contributed by atoms with E-state index in [2.05, 4.69) is 0 Å². The second kappa shape index (κ2) is 12.4. The van der Waals surface area contributed by atoms with Crippen LogP contribution in [-0.4, -0.2) is 45.3 Å². The fraction of sp³-hybridized carbons (Fsp3) is 0.345. The number of hydrogen-bond acceptors (Lipinski definition) is 7. The summed E-state index contributed by atoms with van der Waals surface area (Å²) in [6.45, 7) is 3.58. The Bertz CT molecular complexity index is 1070. The van der Waals surface area contributed by atoms with Gasteiger partial charge in [0.15, 0.2) is 0 Å². The molecule has 3 aromatic rings. The summed E-state index contributed by atoms with van der Waals surface area (Å²) in [6, 6.07) is 25.3. The van der Waals surface area contributed by atoms with E-state index in [0.29, 0.717) is 26.4 Å². The molecular weight excluding hydrogens is 460 g/mol. The van der Waals surface area contributed by atoms with E-state index in [1.165, 1.54) is 7.11 Å². The van der Waals surface area contributed by atoms with Crippen LogP contribution in [0.1, 0.15) is 18.9 Å². The SMILES string of the molecule is COC(=O)[C@]1(C)OC[C@H](Cc2ccc(OCCCOc3ccc(Oc4ccccc4)cc3)cc2)CO1. The molecule has 0 spiro atoms. The van der Waals surface area contributed by atoms with E-state index in [1.54, 1.807) is 6.92 Å².